The van der Waals surface area contributed by atoms with Crippen LogP contribution in [0.5, 0.6) is 0 Å². The van der Waals surface area contributed by atoms with Crippen molar-refractivity contribution in [2.24, 2.45) is 0 Å². The standard InChI is InChI=1S/C23H21N3O7/c1-30-23(29)20-24-14-26(25-20)19-12-17(33-22(28)16-10-6-3-7-11-16)18(32-19)13-31-21(27)15-8-4-2-5-9-15/h2-11,14,17-19H,12-13H2,1H3/t17-,18+,19+/m0/s1. The number of benzene rings is 2. The third kappa shape index (κ3) is 5.24. The predicted molar refractivity (Wildman–Crippen MR) is 112 cm³/mol. The Morgan fingerprint density at radius 3 is 2.24 bits per heavy atom. The SMILES string of the molecule is COC(=O)c1ncn([C@H]2C[C@H](OC(=O)c3ccccc3)[C@@H](COC(=O)c3ccccc3)O2)n1. The van der Waals surface area contributed by atoms with Gasteiger partial charge in [-0.15, -0.1) is 5.10 Å². The average Bonchev–Trinajstić information content (AvgIpc) is 3.50. The van der Waals surface area contributed by atoms with E-state index in [2.05, 4.69) is 14.8 Å². The highest BCUT2D eigenvalue weighted by Gasteiger charge is 2.40. The van der Waals surface area contributed by atoms with Crippen LogP contribution in [0.1, 0.15) is 44.0 Å². The Kier molecular flexibility index (Phi) is 6.75. The van der Waals surface area contributed by atoms with Gasteiger partial charge in [-0.05, 0) is 24.3 Å². The minimum atomic E-state index is -0.749. The summed E-state index contributed by atoms with van der Waals surface area (Å²) in [5.41, 5.74) is 0.776. The van der Waals surface area contributed by atoms with Gasteiger partial charge in [-0.2, -0.15) is 0 Å². The molecule has 0 N–H and O–H groups in total. The van der Waals surface area contributed by atoms with E-state index in [0.717, 1.165) is 0 Å². The molecular formula is C23H21N3O7. The summed E-state index contributed by atoms with van der Waals surface area (Å²) >= 11 is 0. The molecule has 4 rings (SSSR count). The Morgan fingerprint density at radius 2 is 1.61 bits per heavy atom. The Labute approximate surface area is 189 Å². The summed E-state index contributed by atoms with van der Waals surface area (Å²) in [6.45, 7) is -0.143. The molecule has 0 unspecified atom stereocenters. The van der Waals surface area contributed by atoms with Crippen LogP contribution in [0.3, 0.4) is 0 Å². The van der Waals surface area contributed by atoms with E-state index in [1.165, 1.54) is 18.1 Å². The lowest BCUT2D eigenvalue weighted by molar-refractivity contribution is -0.0601. The average molecular weight is 451 g/mol. The number of carbonyl (C=O) groups is 3. The van der Waals surface area contributed by atoms with Crippen molar-refractivity contribution in [3.05, 3.63) is 83.9 Å². The number of ether oxygens (including phenoxy) is 4. The second-order valence-corrected chi connectivity index (χ2v) is 7.18. The van der Waals surface area contributed by atoms with Crippen molar-refractivity contribution in [2.75, 3.05) is 13.7 Å². The van der Waals surface area contributed by atoms with E-state index in [-0.39, 0.29) is 18.9 Å². The number of carbonyl (C=O) groups excluding carboxylic acids is 3. The summed E-state index contributed by atoms with van der Waals surface area (Å²) < 4.78 is 23.0. The zero-order chi connectivity index (χ0) is 23.2. The van der Waals surface area contributed by atoms with E-state index in [1.54, 1.807) is 60.7 Å². The van der Waals surface area contributed by atoms with Crippen LogP contribution in [0.15, 0.2) is 67.0 Å². The Balaban J connectivity index is 1.48. The van der Waals surface area contributed by atoms with Gasteiger partial charge in [0, 0.05) is 6.42 Å². The predicted octanol–water partition coefficient (Wildman–Crippen LogP) is 2.43. The first-order valence-corrected chi connectivity index (χ1v) is 10.2. The highest BCUT2D eigenvalue weighted by molar-refractivity contribution is 5.90. The van der Waals surface area contributed by atoms with Crippen molar-refractivity contribution in [2.45, 2.75) is 24.9 Å². The van der Waals surface area contributed by atoms with Gasteiger partial charge in [0.2, 0.25) is 0 Å². The van der Waals surface area contributed by atoms with Gasteiger partial charge in [0.15, 0.2) is 6.23 Å². The van der Waals surface area contributed by atoms with E-state index in [4.69, 9.17) is 14.2 Å². The first kappa shape index (κ1) is 22.2. The lowest BCUT2D eigenvalue weighted by atomic mass is 10.1. The van der Waals surface area contributed by atoms with Crippen LogP contribution >= 0.6 is 0 Å². The minimum Gasteiger partial charge on any atom is -0.463 e. The molecule has 0 aliphatic carbocycles. The zero-order valence-corrected chi connectivity index (χ0v) is 17.7. The molecule has 1 aliphatic heterocycles. The van der Waals surface area contributed by atoms with Gasteiger partial charge in [-0.1, -0.05) is 36.4 Å². The monoisotopic (exact) mass is 451 g/mol. The number of nitrogens with zero attached hydrogens (tertiary/aromatic N) is 3. The van der Waals surface area contributed by atoms with Gasteiger partial charge in [0.05, 0.1) is 18.2 Å². The third-order valence-electron chi connectivity index (χ3n) is 5.01. The highest BCUT2D eigenvalue weighted by Crippen LogP contribution is 2.31. The molecular weight excluding hydrogens is 430 g/mol. The number of rotatable bonds is 7. The van der Waals surface area contributed by atoms with Gasteiger partial charge in [-0.3, -0.25) is 0 Å². The topological polar surface area (TPSA) is 119 Å². The maximum absolute atomic E-state index is 12.6. The number of aromatic nitrogens is 3. The molecule has 3 atom stereocenters. The van der Waals surface area contributed by atoms with Gasteiger partial charge < -0.3 is 18.9 Å². The Hall–Kier alpha value is -4.05. The molecule has 0 amide bonds. The van der Waals surface area contributed by atoms with Crippen molar-refractivity contribution in [1.82, 2.24) is 14.8 Å². The zero-order valence-electron chi connectivity index (χ0n) is 17.7. The lowest BCUT2D eigenvalue weighted by Crippen LogP contribution is -2.32. The summed E-state index contributed by atoms with van der Waals surface area (Å²) in [6, 6.07) is 17.1. The molecule has 3 aromatic rings. The fourth-order valence-electron chi connectivity index (χ4n) is 3.33. The van der Waals surface area contributed by atoms with Crippen molar-refractivity contribution >= 4 is 17.9 Å². The molecule has 1 aromatic heterocycles. The molecule has 0 bridgehead atoms. The molecule has 1 fully saturated rings. The maximum Gasteiger partial charge on any atom is 0.377 e. The number of esters is 3. The van der Waals surface area contributed by atoms with Gasteiger partial charge in [-0.25, -0.2) is 24.0 Å². The number of methoxy groups -OCH3 is 1. The summed E-state index contributed by atoms with van der Waals surface area (Å²) in [7, 11) is 1.23. The first-order chi connectivity index (χ1) is 16.0. The highest BCUT2D eigenvalue weighted by atomic mass is 16.6. The molecule has 33 heavy (non-hydrogen) atoms. The van der Waals surface area contributed by atoms with Crippen molar-refractivity contribution < 1.29 is 33.3 Å². The van der Waals surface area contributed by atoms with Crippen molar-refractivity contribution in [3.8, 4) is 0 Å². The fourth-order valence-corrected chi connectivity index (χ4v) is 3.33. The molecule has 2 heterocycles. The normalized spacial score (nSPS) is 19.6. The maximum atomic E-state index is 12.6. The van der Waals surface area contributed by atoms with Crippen molar-refractivity contribution in [1.29, 1.82) is 0 Å². The van der Waals surface area contributed by atoms with Crippen LogP contribution in [0.25, 0.3) is 0 Å². The number of hydrogen-bond acceptors (Lipinski definition) is 9. The Morgan fingerprint density at radius 1 is 0.970 bits per heavy atom. The molecule has 1 aliphatic rings. The van der Waals surface area contributed by atoms with Crippen LogP contribution < -0.4 is 0 Å². The molecule has 2 aromatic carbocycles. The van der Waals surface area contributed by atoms with Gasteiger partial charge >= 0.3 is 17.9 Å². The van der Waals surface area contributed by atoms with Crippen LogP contribution in [-0.2, 0) is 18.9 Å². The van der Waals surface area contributed by atoms with Crippen molar-refractivity contribution in [3.63, 3.8) is 0 Å². The molecule has 170 valence electrons. The van der Waals surface area contributed by atoms with E-state index in [0.29, 0.717) is 11.1 Å². The van der Waals surface area contributed by atoms with Crippen LogP contribution in [0.2, 0.25) is 0 Å². The molecule has 10 nitrogen and oxygen atoms in total. The van der Waals surface area contributed by atoms with E-state index in [9.17, 15) is 14.4 Å². The summed E-state index contributed by atoms with van der Waals surface area (Å²) in [6.07, 6.45) is -0.621. The molecule has 1 saturated heterocycles. The summed E-state index contributed by atoms with van der Waals surface area (Å²) in [5, 5.41) is 4.07. The number of hydrogen-bond donors (Lipinski definition) is 0. The van der Waals surface area contributed by atoms with Crippen LogP contribution in [-0.4, -0.2) is 58.6 Å². The minimum absolute atomic E-state index is 0.127. The first-order valence-electron chi connectivity index (χ1n) is 10.2. The van der Waals surface area contributed by atoms with Crippen LogP contribution in [0.4, 0.5) is 0 Å². The van der Waals surface area contributed by atoms with Gasteiger partial charge in [0.25, 0.3) is 5.82 Å². The Bertz CT molecular complexity index is 1120. The second-order valence-electron chi connectivity index (χ2n) is 7.18. The van der Waals surface area contributed by atoms with E-state index < -0.39 is 36.3 Å². The third-order valence-corrected chi connectivity index (χ3v) is 5.01. The molecule has 0 radical (unpaired) electrons. The van der Waals surface area contributed by atoms with E-state index >= 15 is 0 Å². The smallest absolute Gasteiger partial charge is 0.377 e. The lowest BCUT2D eigenvalue weighted by Gasteiger charge is -2.18. The second kappa shape index (κ2) is 10.0. The fraction of sp³-hybridized carbons (Fsp3) is 0.261. The molecule has 10 heteroatoms. The molecule has 0 spiro atoms. The molecule has 0 saturated carbocycles. The van der Waals surface area contributed by atoms with Gasteiger partial charge in [0.1, 0.15) is 25.1 Å². The summed E-state index contributed by atoms with van der Waals surface area (Å²) in [5.74, 6) is -1.87. The van der Waals surface area contributed by atoms with E-state index in [1.807, 2.05) is 0 Å². The van der Waals surface area contributed by atoms with Crippen LogP contribution in [0, 0.1) is 0 Å². The quantitative estimate of drug-likeness (QED) is 0.394. The summed E-state index contributed by atoms with van der Waals surface area (Å²) in [4.78, 5) is 40.5. The largest absolute Gasteiger partial charge is 0.463 e.